The molecule has 1 amide bonds. The quantitative estimate of drug-likeness (QED) is 0.553. The number of benzene rings is 2. The van der Waals surface area contributed by atoms with Crippen LogP contribution in [-0.2, 0) is 4.79 Å². The third-order valence-corrected chi connectivity index (χ3v) is 6.60. The molecule has 2 atom stereocenters. The highest BCUT2D eigenvalue weighted by Gasteiger charge is 2.32. The van der Waals surface area contributed by atoms with Gasteiger partial charge in [0.05, 0.1) is 19.8 Å². The van der Waals surface area contributed by atoms with E-state index in [0.717, 1.165) is 48.9 Å². The summed E-state index contributed by atoms with van der Waals surface area (Å²) in [5.41, 5.74) is 1.93. The standard InChI is InChI=1S/C26H35N3O3/c1-20-6-4-15-28(20)16-5-17-32-24-12-9-22(10-13-24)29-23(11-14-26(29)30)19-27-21-7-3-8-25(18-21)31-2/h3,7-10,12-13,18,20,23,27H,4-6,11,14-17,19H2,1-2H3/t20?,23-/m0/s1. The van der Waals surface area contributed by atoms with E-state index in [1.807, 2.05) is 53.4 Å². The van der Waals surface area contributed by atoms with Gasteiger partial charge in [-0.3, -0.25) is 4.79 Å². The first kappa shape index (κ1) is 22.5. The Morgan fingerprint density at radius 2 is 1.94 bits per heavy atom. The molecule has 2 aliphatic rings. The molecular weight excluding hydrogens is 402 g/mol. The molecule has 2 aromatic rings. The van der Waals surface area contributed by atoms with Crippen molar-refractivity contribution in [3.05, 3.63) is 48.5 Å². The first-order chi connectivity index (χ1) is 15.6. The number of likely N-dealkylation sites (tertiary alicyclic amines) is 1. The van der Waals surface area contributed by atoms with Crippen LogP contribution in [0.25, 0.3) is 0 Å². The number of nitrogens with zero attached hydrogens (tertiary/aromatic N) is 2. The maximum absolute atomic E-state index is 12.6. The van der Waals surface area contributed by atoms with Crippen LogP contribution in [0.15, 0.2) is 48.5 Å². The fourth-order valence-electron chi connectivity index (χ4n) is 4.75. The number of amides is 1. The Labute approximate surface area is 191 Å². The first-order valence-corrected chi connectivity index (χ1v) is 11.8. The van der Waals surface area contributed by atoms with Crippen LogP contribution >= 0.6 is 0 Å². The number of rotatable bonds is 10. The maximum atomic E-state index is 12.6. The molecule has 2 saturated heterocycles. The molecule has 0 aromatic heterocycles. The van der Waals surface area contributed by atoms with Gasteiger partial charge in [0.15, 0.2) is 0 Å². The Morgan fingerprint density at radius 3 is 2.69 bits per heavy atom. The summed E-state index contributed by atoms with van der Waals surface area (Å²) >= 11 is 0. The van der Waals surface area contributed by atoms with Gasteiger partial charge >= 0.3 is 0 Å². The Bertz CT molecular complexity index is 886. The molecule has 1 unspecified atom stereocenters. The molecule has 32 heavy (non-hydrogen) atoms. The van der Waals surface area contributed by atoms with Gasteiger partial charge in [-0.2, -0.15) is 0 Å². The summed E-state index contributed by atoms with van der Waals surface area (Å²) in [4.78, 5) is 17.1. The number of hydrogen-bond donors (Lipinski definition) is 1. The summed E-state index contributed by atoms with van der Waals surface area (Å²) in [6.07, 6.45) is 5.09. The minimum Gasteiger partial charge on any atom is -0.497 e. The zero-order valence-electron chi connectivity index (χ0n) is 19.3. The van der Waals surface area contributed by atoms with E-state index < -0.39 is 0 Å². The van der Waals surface area contributed by atoms with Gasteiger partial charge in [0.1, 0.15) is 11.5 Å². The summed E-state index contributed by atoms with van der Waals surface area (Å²) in [6, 6.07) is 16.7. The summed E-state index contributed by atoms with van der Waals surface area (Å²) in [5, 5.41) is 3.45. The SMILES string of the molecule is COc1cccc(NC[C@@H]2CCC(=O)N2c2ccc(OCCCN3CCCC3C)cc2)c1. The van der Waals surface area contributed by atoms with Crippen LogP contribution < -0.4 is 19.7 Å². The molecule has 172 valence electrons. The van der Waals surface area contributed by atoms with E-state index in [1.54, 1.807) is 7.11 Å². The molecule has 2 heterocycles. The predicted molar refractivity (Wildman–Crippen MR) is 129 cm³/mol. The average molecular weight is 438 g/mol. The number of anilines is 2. The van der Waals surface area contributed by atoms with E-state index in [0.29, 0.717) is 19.0 Å². The lowest BCUT2D eigenvalue weighted by Crippen LogP contribution is -2.37. The van der Waals surface area contributed by atoms with Gasteiger partial charge in [0.25, 0.3) is 0 Å². The fraction of sp³-hybridized carbons (Fsp3) is 0.500. The van der Waals surface area contributed by atoms with E-state index in [2.05, 4.69) is 17.1 Å². The van der Waals surface area contributed by atoms with Crippen LogP contribution in [0.2, 0.25) is 0 Å². The number of hydrogen-bond acceptors (Lipinski definition) is 5. The van der Waals surface area contributed by atoms with E-state index in [-0.39, 0.29) is 11.9 Å². The van der Waals surface area contributed by atoms with Crippen LogP contribution in [0.4, 0.5) is 11.4 Å². The summed E-state index contributed by atoms with van der Waals surface area (Å²) in [5.74, 6) is 1.86. The smallest absolute Gasteiger partial charge is 0.227 e. The van der Waals surface area contributed by atoms with E-state index in [4.69, 9.17) is 9.47 Å². The fourth-order valence-corrected chi connectivity index (χ4v) is 4.75. The second-order valence-corrected chi connectivity index (χ2v) is 8.79. The molecular formula is C26H35N3O3. The van der Waals surface area contributed by atoms with Crippen LogP contribution in [0, 0.1) is 0 Å². The molecule has 4 rings (SSSR count). The van der Waals surface area contributed by atoms with Crippen LogP contribution in [0.1, 0.15) is 39.0 Å². The first-order valence-electron chi connectivity index (χ1n) is 11.8. The van der Waals surface area contributed by atoms with Gasteiger partial charge < -0.3 is 24.6 Å². The molecule has 0 aliphatic carbocycles. The lowest BCUT2D eigenvalue weighted by Gasteiger charge is -2.26. The van der Waals surface area contributed by atoms with Crippen molar-refractivity contribution in [2.75, 3.05) is 43.6 Å². The molecule has 0 saturated carbocycles. The molecule has 2 aromatic carbocycles. The third kappa shape index (κ3) is 5.54. The van der Waals surface area contributed by atoms with E-state index in [9.17, 15) is 4.79 Å². The Hall–Kier alpha value is -2.73. The zero-order chi connectivity index (χ0) is 22.3. The molecule has 0 spiro atoms. The molecule has 2 aliphatic heterocycles. The molecule has 6 nitrogen and oxygen atoms in total. The van der Waals surface area contributed by atoms with Gasteiger partial charge in [-0.1, -0.05) is 6.07 Å². The topological polar surface area (TPSA) is 54.0 Å². The highest BCUT2D eigenvalue weighted by molar-refractivity contribution is 5.96. The lowest BCUT2D eigenvalue weighted by atomic mass is 10.2. The minimum atomic E-state index is 0.128. The lowest BCUT2D eigenvalue weighted by molar-refractivity contribution is -0.117. The van der Waals surface area contributed by atoms with Crippen molar-refractivity contribution in [2.24, 2.45) is 0 Å². The van der Waals surface area contributed by atoms with Crippen molar-refractivity contribution in [3.8, 4) is 11.5 Å². The molecule has 0 radical (unpaired) electrons. The maximum Gasteiger partial charge on any atom is 0.227 e. The van der Waals surface area contributed by atoms with E-state index >= 15 is 0 Å². The highest BCUT2D eigenvalue weighted by Crippen LogP contribution is 2.29. The van der Waals surface area contributed by atoms with Crippen molar-refractivity contribution < 1.29 is 14.3 Å². The monoisotopic (exact) mass is 437 g/mol. The van der Waals surface area contributed by atoms with Gasteiger partial charge in [-0.15, -0.1) is 0 Å². The molecule has 2 fully saturated rings. The number of carbonyl (C=O) groups is 1. The van der Waals surface area contributed by atoms with Crippen molar-refractivity contribution in [2.45, 2.75) is 51.1 Å². The summed E-state index contributed by atoms with van der Waals surface area (Å²) in [7, 11) is 1.66. The van der Waals surface area contributed by atoms with Gasteiger partial charge in [-0.25, -0.2) is 0 Å². The number of methoxy groups -OCH3 is 1. The largest absolute Gasteiger partial charge is 0.497 e. The van der Waals surface area contributed by atoms with Crippen molar-refractivity contribution in [1.82, 2.24) is 4.90 Å². The number of nitrogens with one attached hydrogen (secondary N) is 1. The normalized spacial score (nSPS) is 21.2. The van der Waals surface area contributed by atoms with E-state index in [1.165, 1.54) is 19.4 Å². The second kappa shape index (κ2) is 10.7. The van der Waals surface area contributed by atoms with Gasteiger partial charge in [0, 0.05) is 43.0 Å². The van der Waals surface area contributed by atoms with Crippen molar-refractivity contribution in [3.63, 3.8) is 0 Å². The number of carbonyl (C=O) groups excluding carboxylic acids is 1. The van der Waals surface area contributed by atoms with Crippen molar-refractivity contribution in [1.29, 1.82) is 0 Å². The Kier molecular flexibility index (Phi) is 7.53. The predicted octanol–water partition coefficient (Wildman–Crippen LogP) is 4.56. The summed E-state index contributed by atoms with van der Waals surface area (Å²) in [6.45, 7) is 6.05. The molecule has 1 N–H and O–H groups in total. The van der Waals surface area contributed by atoms with Crippen LogP contribution in [0.3, 0.4) is 0 Å². The third-order valence-electron chi connectivity index (χ3n) is 6.60. The Morgan fingerprint density at radius 1 is 1.09 bits per heavy atom. The average Bonchev–Trinajstić information content (AvgIpc) is 3.40. The number of ether oxygens (including phenoxy) is 2. The van der Waals surface area contributed by atoms with Gasteiger partial charge in [-0.05, 0) is 75.5 Å². The summed E-state index contributed by atoms with van der Waals surface area (Å²) < 4.78 is 11.2. The minimum absolute atomic E-state index is 0.128. The van der Waals surface area contributed by atoms with Crippen LogP contribution in [-0.4, -0.2) is 56.2 Å². The van der Waals surface area contributed by atoms with Gasteiger partial charge in [0.2, 0.25) is 5.91 Å². The zero-order valence-corrected chi connectivity index (χ0v) is 19.3. The molecule has 0 bridgehead atoms. The second-order valence-electron chi connectivity index (χ2n) is 8.79. The Balaban J connectivity index is 1.28. The highest BCUT2D eigenvalue weighted by atomic mass is 16.5. The molecule has 6 heteroatoms. The van der Waals surface area contributed by atoms with Crippen molar-refractivity contribution >= 4 is 17.3 Å². The van der Waals surface area contributed by atoms with Crippen LogP contribution in [0.5, 0.6) is 11.5 Å².